The van der Waals surface area contributed by atoms with E-state index in [9.17, 15) is 0 Å². The minimum absolute atomic E-state index is 0.302. The molecule has 0 unspecified atom stereocenters. The second kappa shape index (κ2) is 14.3. The van der Waals surface area contributed by atoms with E-state index in [1.54, 1.807) is 12.1 Å². The van der Waals surface area contributed by atoms with E-state index in [-0.39, 0.29) is 0 Å². The van der Waals surface area contributed by atoms with Gasteiger partial charge in [0.15, 0.2) is 0 Å². The average molecular weight is 257 g/mol. The van der Waals surface area contributed by atoms with Crippen LogP contribution >= 0.6 is 0 Å². The van der Waals surface area contributed by atoms with Gasteiger partial charge in [0.25, 0.3) is 0 Å². The van der Waals surface area contributed by atoms with Crippen molar-refractivity contribution in [2.45, 2.75) is 97.1 Å². The lowest BCUT2D eigenvalue weighted by atomic mass is 10.1. The molecular weight excluding hydrogens is 220 g/mol. The lowest BCUT2D eigenvalue weighted by molar-refractivity contribution is 0.571. The van der Waals surface area contributed by atoms with Crippen LogP contribution in [0, 0.1) is 5.92 Å². The van der Waals surface area contributed by atoms with Crippen LogP contribution < -0.4 is 0 Å². The van der Waals surface area contributed by atoms with E-state index < -0.39 is 0 Å². The summed E-state index contributed by atoms with van der Waals surface area (Å²) in [6, 6.07) is 3.20. The van der Waals surface area contributed by atoms with Gasteiger partial charge in [0, 0.05) is 9.52 Å². The van der Waals surface area contributed by atoms with Gasteiger partial charge in [0.2, 0.25) is 0 Å². The zero-order valence-corrected chi connectivity index (χ0v) is 14.2. The standard InChI is InChI=1S/C16H36Si/c1-4-6-7-8-9-10-11-12-13-14-17-15-16(3)5-2/h16H,4-15,17H2,1-3H3/t16-/m0/s1. The summed E-state index contributed by atoms with van der Waals surface area (Å²) in [5.41, 5.74) is 0. The summed E-state index contributed by atoms with van der Waals surface area (Å²) in [4.78, 5) is 0. The SMILES string of the molecule is CCCCCCCCCCC[SiH2]C[C@@H](C)CC. The summed E-state index contributed by atoms with van der Waals surface area (Å²) < 4.78 is 0. The Bertz CT molecular complexity index is 133. The summed E-state index contributed by atoms with van der Waals surface area (Å²) in [5.74, 6) is 1.01. The highest BCUT2D eigenvalue weighted by atomic mass is 28.2. The van der Waals surface area contributed by atoms with Crippen molar-refractivity contribution in [2.24, 2.45) is 5.92 Å². The highest BCUT2D eigenvalue weighted by Crippen LogP contribution is 2.12. The molecule has 0 heterocycles. The molecule has 0 radical (unpaired) electrons. The third-order valence-corrected chi connectivity index (χ3v) is 6.39. The first kappa shape index (κ1) is 17.2. The van der Waals surface area contributed by atoms with Crippen molar-refractivity contribution in [1.29, 1.82) is 0 Å². The van der Waals surface area contributed by atoms with Gasteiger partial charge in [0.1, 0.15) is 0 Å². The molecular formula is C16H36Si. The van der Waals surface area contributed by atoms with Crippen molar-refractivity contribution in [1.82, 2.24) is 0 Å². The molecule has 104 valence electrons. The molecule has 0 aromatic carbocycles. The zero-order valence-electron chi connectivity index (χ0n) is 12.8. The average Bonchev–Trinajstić information content (AvgIpc) is 2.35. The molecule has 0 N–H and O–H groups in total. The fourth-order valence-electron chi connectivity index (χ4n) is 2.36. The van der Waals surface area contributed by atoms with Crippen molar-refractivity contribution in [3.05, 3.63) is 0 Å². The molecule has 0 saturated heterocycles. The van der Waals surface area contributed by atoms with Gasteiger partial charge >= 0.3 is 0 Å². The molecule has 0 bridgehead atoms. The Kier molecular flexibility index (Phi) is 14.5. The van der Waals surface area contributed by atoms with Gasteiger partial charge in [-0.2, -0.15) is 0 Å². The second-order valence-corrected chi connectivity index (χ2v) is 7.83. The molecule has 0 nitrogen and oxygen atoms in total. The molecule has 0 rings (SSSR count). The Morgan fingerprint density at radius 3 is 1.82 bits per heavy atom. The molecule has 0 saturated carbocycles. The van der Waals surface area contributed by atoms with Crippen molar-refractivity contribution >= 4 is 9.52 Å². The third kappa shape index (κ3) is 14.2. The van der Waals surface area contributed by atoms with E-state index in [2.05, 4.69) is 20.8 Å². The van der Waals surface area contributed by atoms with E-state index in [1.165, 1.54) is 64.2 Å². The molecule has 0 spiro atoms. The van der Waals surface area contributed by atoms with Crippen LogP contribution in [0.1, 0.15) is 85.0 Å². The van der Waals surface area contributed by atoms with Crippen LogP contribution in [0.2, 0.25) is 12.1 Å². The quantitative estimate of drug-likeness (QED) is 0.298. The highest BCUT2D eigenvalue weighted by molar-refractivity contribution is 6.35. The molecule has 0 amide bonds. The van der Waals surface area contributed by atoms with Gasteiger partial charge in [-0.25, -0.2) is 0 Å². The third-order valence-electron chi connectivity index (χ3n) is 4.00. The first-order valence-corrected chi connectivity index (χ1v) is 10.3. The molecule has 0 aromatic heterocycles. The smallest absolute Gasteiger partial charge is 0.0200 e. The Labute approximate surface area is 113 Å². The van der Waals surface area contributed by atoms with Crippen LogP contribution in [0.25, 0.3) is 0 Å². The summed E-state index contributed by atoms with van der Waals surface area (Å²) in [7, 11) is 0.302. The number of hydrogen-bond acceptors (Lipinski definition) is 0. The molecule has 0 aliphatic rings. The maximum atomic E-state index is 2.42. The minimum atomic E-state index is 0.302. The topological polar surface area (TPSA) is 0 Å². The Morgan fingerprint density at radius 1 is 0.765 bits per heavy atom. The number of rotatable bonds is 13. The summed E-state index contributed by atoms with van der Waals surface area (Å²) in [6.45, 7) is 7.05. The molecule has 0 aliphatic carbocycles. The van der Waals surface area contributed by atoms with Crippen molar-refractivity contribution in [3.63, 3.8) is 0 Å². The van der Waals surface area contributed by atoms with Crippen LogP contribution in [0.15, 0.2) is 0 Å². The normalized spacial score (nSPS) is 13.6. The van der Waals surface area contributed by atoms with Gasteiger partial charge in [-0.1, -0.05) is 97.1 Å². The van der Waals surface area contributed by atoms with Crippen molar-refractivity contribution < 1.29 is 0 Å². The van der Waals surface area contributed by atoms with Crippen LogP contribution in [-0.4, -0.2) is 9.52 Å². The Balaban J connectivity index is 2.94. The predicted molar refractivity (Wildman–Crippen MR) is 84.8 cm³/mol. The van der Waals surface area contributed by atoms with Crippen LogP contribution in [-0.2, 0) is 0 Å². The largest absolute Gasteiger partial charge is 0.0654 e. The van der Waals surface area contributed by atoms with E-state index in [0.717, 1.165) is 5.92 Å². The first-order chi connectivity index (χ1) is 8.31. The maximum absolute atomic E-state index is 2.42. The fraction of sp³-hybridized carbons (Fsp3) is 1.00. The van der Waals surface area contributed by atoms with Gasteiger partial charge in [-0.3, -0.25) is 0 Å². The predicted octanol–water partition coefficient (Wildman–Crippen LogP) is 5.57. The maximum Gasteiger partial charge on any atom is 0.0200 e. The molecule has 0 aliphatic heterocycles. The van der Waals surface area contributed by atoms with Crippen LogP contribution in [0.5, 0.6) is 0 Å². The van der Waals surface area contributed by atoms with Gasteiger partial charge in [-0.05, 0) is 5.92 Å². The first-order valence-electron chi connectivity index (χ1n) is 8.31. The summed E-state index contributed by atoms with van der Waals surface area (Å²) >= 11 is 0. The number of unbranched alkanes of at least 4 members (excludes halogenated alkanes) is 8. The van der Waals surface area contributed by atoms with Crippen molar-refractivity contribution in [3.8, 4) is 0 Å². The lowest BCUT2D eigenvalue weighted by Gasteiger charge is -2.06. The molecule has 0 fully saturated rings. The molecule has 1 atom stereocenters. The van der Waals surface area contributed by atoms with E-state index in [1.807, 2.05) is 0 Å². The van der Waals surface area contributed by atoms with Gasteiger partial charge in [-0.15, -0.1) is 0 Å². The van der Waals surface area contributed by atoms with E-state index in [4.69, 9.17) is 0 Å². The van der Waals surface area contributed by atoms with E-state index >= 15 is 0 Å². The Morgan fingerprint density at radius 2 is 1.29 bits per heavy atom. The Hall–Kier alpha value is 0.217. The van der Waals surface area contributed by atoms with Crippen LogP contribution in [0.4, 0.5) is 0 Å². The minimum Gasteiger partial charge on any atom is -0.0654 e. The zero-order chi connectivity index (χ0) is 12.8. The van der Waals surface area contributed by atoms with Gasteiger partial charge in [0.05, 0.1) is 0 Å². The second-order valence-electron chi connectivity index (χ2n) is 5.84. The monoisotopic (exact) mass is 256 g/mol. The molecule has 0 aromatic rings. The summed E-state index contributed by atoms with van der Waals surface area (Å²) in [5, 5.41) is 0. The number of hydrogen-bond donors (Lipinski definition) is 0. The summed E-state index contributed by atoms with van der Waals surface area (Å²) in [6.07, 6.45) is 14.7. The lowest BCUT2D eigenvalue weighted by Crippen LogP contribution is -1.98. The van der Waals surface area contributed by atoms with E-state index in [0.29, 0.717) is 9.52 Å². The highest BCUT2D eigenvalue weighted by Gasteiger charge is 1.98. The fourth-order valence-corrected chi connectivity index (χ4v) is 4.46. The van der Waals surface area contributed by atoms with Crippen molar-refractivity contribution in [2.75, 3.05) is 0 Å². The molecule has 1 heteroatoms. The van der Waals surface area contributed by atoms with Gasteiger partial charge < -0.3 is 0 Å². The molecule has 17 heavy (non-hydrogen) atoms. The van der Waals surface area contributed by atoms with Crippen LogP contribution in [0.3, 0.4) is 0 Å².